The summed E-state index contributed by atoms with van der Waals surface area (Å²) in [6.45, 7) is 6.25. The Kier molecular flexibility index (Phi) is 6.40. The number of amides is 2. The first-order chi connectivity index (χ1) is 11.0. The Hall–Kier alpha value is -2.08. The van der Waals surface area contributed by atoms with Crippen LogP contribution in [-0.4, -0.2) is 43.0 Å². The molecule has 2 N–H and O–H groups in total. The topological polar surface area (TPSA) is 70.7 Å². The van der Waals surface area contributed by atoms with Crippen molar-refractivity contribution in [2.24, 2.45) is 5.92 Å². The summed E-state index contributed by atoms with van der Waals surface area (Å²) in [5.41, 5.74) is 5.92. The zero-order chi connectivity index (χ0) is 16.7. The molecule has 2 amide bonds. The van der Waals surface area contributed by atoms with E-state index in [-0.39, 0.29) is 18.4 Å². The van der Waals surface area contributed by atoms with Gasteiger partial charge in [0.05, 0.1) is 6.54 Å². The molecule has 6 nitrogen and oxygen atoms in total. The first-order valence-corrected chi connectivity index (χ1v) is 8.02. The summed E-state index contributed by atoms with van der Waals surface area (Å²) in [6.07, 6.45) is 2.23. The van der Waals surface area contributed by atoms with E-state index >= 15 is 0 Å². The fraction of sp³-hybridized carbons (Fsp3) is 0.529. The minimum atomic E-state index is -0.383. The van der Waals surface area contributed by atoms with Crippen LogP contribution >= 0.6 is 0 Å². The third-order valence-electron chi connectivity index (χ3n) is 3.98. The third-order valence-corrected chi connectivity index (χ3v) is 3.98. The maximum absolute atomic E-state index is 11.8. The maximum Gasteiger partial charge on any atom is 0.276 e. The minimum absolute atomic E-state index is 0.134. The number of rotatable bonds is 5. The fourth-order valence-electron chi connectivity index (χ4n) is 2.42. The second kappa shape index (κ2) is 8.53. The number of hydrogen-bond acceptors (Lipinski definition) is 4. The number of aryl methyl sites for hydroxylation is 1. The number of ether oxygens (including phenoxy) is 1. The zero-order valence-electron chi connectivity index (χ0n) is 13.8. The van der Waals surface area contributed by atoms with Gasteiger partial charge in [0.15, 0.2) is 6.61 Å². The Morgan fingerprint density at radius 2 is 1.74 bits per heavy atom. The first-order valence-electron chi connectivity index (χ1n) is 8.02. The number of nitrogens with zero attached hydrogens (tertiary/aromatic N) is 1. The number of benzene rings is 1. The molecule has 0 saturated carbocycles. The Morgan fingerprint density at radius 3 is 2.39 bits per heavy atom. The molecule has 2 rings (SSSR count). The summed E-state index contributed by atoms with van der Waals surface area (Å²) in [4.78, 5) is 25.6. The lowest BCUT2D eigenvalue weighted by Gasteiger charge is -2.29. The minimum Gasteiger partial charge on any atom is -0.484 e. The Labute approximate surface area is 137 Å². The van der Waals surface area contributed by atoms with Crippen LogP contribution in [0.25, 0.3) is 0 Å². The molecule has 0 aliphatic carbocycles. The molecule has 126 valence electrons. The molecule has 1 fully saturated rings. The third kappa shape index (κ3) is 6.28. The van der Waals surface area contributed by atoms with E-state index in [2.05, 4.69) is 22.7 Å². The molecule has 23 heavy (non-hydrogen) atoms. The van der Waals surface area contributed by atoms with Crippen LogP contribution in [0.4, 0.5) is 0 Å². The molecule has 0 radical (unpaired) electrons. The van der Waals surface area contributed by atoms with Gasteiger partial charge in [-0.3, -0.25) is 25.3 Å². The lowest BCUT2D eigenvalue weighted by atomic mass is 9.99. The molecule has 1 aromatic carbocycles. The average Bonchev–Trinajstić information content (AvgIpc) is 2.54. The summed E-state index contributed by atoms with van der Waals surface area (Å²) in [5, 5.41) is 0. The summed E-state index contributed by atoms with van der Waals surface area (Å²) >= 11 is 0. The van der Waals surface area contributed by atoms with Gasteiger partial charge in [0.25, 0.3) is 11.8 Å². The van der Waals surface area contributed by atoms with Crippen molar-refractivity contribution < 1.29 is 14.3 Å². The van der Waals surface area contributed by atoms with E-state index in [0.29, 0.717) is 12.3 Å². The van der Waals surface area contributed by atoms with Crippen molar-refractivity contribution in [2.75, 3.05) is 26.2 Å². The highest BCUT2D eigenvalue weighted by Gasteiger charge is 2.18. The van der Waals surface area contributed by atoms with Crippen LogP contribution in [0, 0.1) is 12.8 Å². The second-order valence-electron chi connectivity index (χ2n) is 6.16. The zero-order valence-corrected chi connectivity index (χ0v) is 13.8. The van der Waals surface area contributed by atoms with Gasteiger partial charge in [0.1, 0.15) is 5.75 Å². The van der Waals surface area contributed by atoms with Gasteiger partial charge in [-0.15, -0.1) is 0 Å². The van der Waals surface area contributed by atoms with E-state index in [9.17, 15) is 9.59 Å². The molecular formula is C17H25N3O3. The quantitative estimate of drug-likeness (QED) is 0.802. The maximum atomic E-state index is 11.8. The number of carbonyl (C=O) groups excluding carboxylic acids is 2. The van der Waals surface area contributed by atoms with Gasteiger partial charge < -0.3 is 4.74 Å². The molecule has 0 bridgehead atoms. The summed E-state index contributed by atoms with van der Waals surface area (Å²) in [5.74, 6) is 0.766. The lowest BCUT2D eigenvalue weighted by molar-refractivity contribution is -0.130. The summed E-state index contributed by atoms with van der Waals surface area (Å²) in [6, 6.07) is 7.43. The van der Waals surface area contributed by atoms with Gasteiger partial charge in [-0.2, -0.15) is 0 Å². The van der Waals surface area contributed by atoms with Crippen LogP contribution < -0.4 is 15.6 Å². The number of piperidine rings is 1. The molecule has 0 unspecified atom stereocenters. The predicted octanol–water partition coefficient (Wildman–Crippen LogP) is 1.25. The highest BCUT2D eigenvalue weighted by Crippen LogP contribution is 2.15. The second-order valence-corrected chi connectivity index (χ2v) is 6.16. The standard InChI is InChI=1S/C17H25N3O3/c1-13-3-5-15(6-4-13)23-12-17(22)19-18-16(21)11-20-9-7-14(2)8-10-20/h3-6,14H,7-12H2,1-2H3,(H,18,21)(H,19,22). The van der Waals surface area contributed by atoms with Crippen LogP contribution in [0.3, 0.4) is 0 Å². The molecule has 6 heteroatoms. The first kappa shape index (κ1) is 17.3. The monoisotopic (exact) mass is 319 g/mol. The number of nitrogens with one attached hydrogen (secondary N) is 2. The van der Waals surface area contributed by atoms with Crippen molar-refractivity contribution in [2.45, 2.75) is 26.7 Å². The molecule has 0 aromatic heterocycles. The highest BCUT2D eigenvalue weighted by atomic mass is 16.5. The van der Waals surface area contributed by atoms with Gasteiger partial charge >= 0.3 is 0 Å². The van der Waals surface area contributed by atoms with Crippen molar-refractivity contribution in [1.29, 1.82) is 0 Å². The molecule has 1 aliphatic heterocycles. The average molecular weight is 319 g/mol. The molecule has 1 aliphatic rings. The SMILES string of the molecule is Cc1ccc(OCC(=O)NNC(=O)CN2CCC(C)CC2)cc1. The summed E-state index contributed by atoms with van der Waals surface area (Å²) < 4.78 is 5.34. The van der Waals surface area contributed by atoms with Crippen molar-refractivity contribution in [3.63, 3.8) is 0 Å². The highest BCUT2D eigenvalue weighted by molar-refractivity contribution is 5.83. The lowest BCUT2D eigenvalue weighted by Crippen LogP contribution is -2.48. The largest absolute Gasteiger partial charge is 0.484 e. The predicted molar refractivity (Wildman–Crippen MR) is 87.8 cm³/mol. The number of hydrogen-bond donors (Lipinski definition) is 2. The van der Waals surface area contributed by atoms with E-state index in [1.807, 2.05) is 19.1 Å². The van der Waals surface area contributed by atoms with Crippen molar-refractivity contribution in [1.82, 2.24) is 15.8 Å². The van der Waals surface area contributed by atoms with Gasteiger partial charge in [-0.05, 0) is 50.9 Å². The van der Waals surface area contributed by atoms with Crippen LogP contribution in [0.15, 0.2) is 24.3 Å². The van der Waals surface area contributed by atoms with Crippen LogP contribution in [0.2, 0.25) is 0 Å². The van der Waals surface area contributed by atoms with Gasteiger partial charge in [0.2, 0.25) is 0 Å². The van der Waals surface area contributed by atoms with Gasteiger partial charge in [-0.25, -0.2) is 0 Å². The summed E-state index contributed by atoms with van der Waals surface area (Å²) in [7, 11) is 0. The number of hydrazine groups is 1. The fourth-order valence-corrected chi connectivity index (χ4v) is 2.42. The van der Waals surface area contributed by atoms with Crippen LogP contribution in [0.1, 0.15) is 25.3 Å². The Morgan fingerprint density at radius 1 is 1.13 bits per heavy atom. The Bertz CT molecular complexity index is 522. The number of likely N-dealkylation sites (tertiary alicyclic amines) is 1. The van der Waals surface area contributed by atoms with Crippen molar-refractivity contribution in [3.8, 4) is 5.75 Å². The molecule has 1 heterocycles. The normalized spacial score (nSPS) is 15.9. The Balaban J connectivity index is 1.61. The molecular weight excluding hydrogens is 294 g/mol. The van der Waals surface area contributed by atoms with E-state index in [0.717, 1.165) is 37.4 Å². The van der Waals surface area contributed by atoms with E-state index in [1.165, 1.54) is 0 Å². The molecule has 1 aromatic rings. The van der Waals surface area contributed by atoms with Crippen LogP contribution in [-0.2, 0) is 9.59 Å². The molecule has 1 saturated heterocycles. The molecule has 0 spiro atoms. The van der Waals surface area contributed by atoms with E-state index in [4.69, 9.17) is 4.74 Å². The van der Waals surface area contributed by atoms with Gasteiger partial charge in [-0.1, -0.05) is 24.6 Å². The molecule has 0 atom stereocenters. The number of carbonyl (C=O) groups is 2. The van der Waals surface area contributed by atoms with E-state index < -0.39 is 0 Å². The van der Waals surface area contributed by atoms with Crippen LogP contribution in [0.5, 0.6) is 5.75 Å². The van der Waals surface area contributed by atoms with E-state index in [1.54, 1.807) is 12.1 Å². The smallest absolute Gasteiger partial charge is 0.276 e. The van der Waals surface area contributed by atoms with Crippen molar-refractivity contribution >= 4 is 11.8 Å². The van der Waals surface area contributed by atoms with Gasteiger partial charge in [0, 0.05) is 0 Å². The van der Waals surface area contributed by atoms with Crippen molar-refractivity contribution in [3.05, 3.63) is 29.8 Å².